The lowest BCUT2D eigenvalue weighted by Gasteiger charge is -2.41. The van der Waals surface area contributed by atoms with Gasteiger partial charge < -0.3 is 10.2 Å². The third kappa shape index (κ3) is 4.23. The first kappa shape index (κ1) is 16.3. The summed E-state index contributed by atoms with van der Waals surface area (Å²) < 4.78 is 0. The van der Waals surface area contributed by atoms with Crippen LogP contribution < -0.4 is 5.32 Å². The molecule has 2 saturated heterocycles. The molecule has 2 aliphatic heterocycles. The van der Waals surface area contributed by atoms with E-state index in [1.807, 2.05) is 0 Å². The molecule has 3 aliphatic rings. The topological polar surface area (TPSA) is 35.6 Å². The molecular weight excluding hydrogens is 274 g/mol. The van der Waals surface area contributed by atoms with Crippen LogP contribution in [0.3, 0.4) is 0 Å². The summed E-state index contributed by atoms with van der Waals surface area (Å²) in [6.45, 7) is 4.61. The molecule has 1 atom stereocenters. The molecule has 0 radical (unpaired) electrons. The van der Waals surface area contributed by atoms with Gasteiger partial charge in [-0.2, -0.15) is 0 Å². The number of likely N-dealkylation sites (tertiary alicyclic amines) is 2. The monoisotopic (exact) mass is 307 g/mol. The van der Waals surface area contributed by atoms with Gasteiger partial charge in [-0.25, -0.2) is 0 Å². The molecule has 1 aliphatic carbocycles. The SMILES string of the molecule is CN1CCC(N2CCC[C@@H](C(=O)NC3CCCCC3)C2)CC1. The fourth-order valence-corrected chi connectivity index (χ4v) is 4.48. The van der Waals surface area contributed by atoms with Crippen LogP contribution in [0.2, 0.25) is 0 Å². The van der Waals surface area contributed by atoms with E-state index in [4.69, 9.17) is 0 Å². The lowest BCUT2D eigenvalue weighted by atomic mass is 9.91. The van der Waals surface area contributed by atoms with Gasteiger partial charge in [0.2, 0.25) is 5.91 Å². The third-order valence-electron chi connectivity index (χ3n) is 5.98. The van der Waals surface area contributed by atoms with Crippen molar-refractivity contribution in [3.63, 3.8) is 0 Å². The summed E-state index contributed by atoms with van der Waals surface area (Å²) in [4.78, 5) is 17.6. The number of nitrogens with zero attached hydrogens (tertiary/aromatic N) is 2. The minimum Gasteiger partial charge on any atom is -0.353 e. The van der Waals surface area contributed by atoms with Gasteiger partial charge in [0.1, 0.15) is 0 Å². The van der Waals surface area contributed by atoms with Crippen LogP contribution in [0, 0.1) is 5.92 Å². The van der Waals surface area contributed by atoms with Crippen LogP contribution in [0.25, 0.3) is 0 Å². The van der Waals surface area contributed by atoms with Crippen LogP contribution in [-0.2, 0) is 4.79 Å². The Morgan fingerprint density at radius 3 is 2.36 bits per heavy atom. The molecule has 1 amide bonds. The Morgan fingerprint density at radius 2 is 1.64 bits per heavy atom. The molecule has 4 nitrogen and oxygen atoms in total. The summed E-state index contributed by atoms with van der Waals surface area (Å²) in [6.07, 6.45) is 11.1. The third-order valence-corrected chi connectivity index (χ3v) is 5.98. The van der Waals surface area contributed by atoms with Gasteiger partial charge in [-0.15, -0.1) is 0 Å². The van der Waals surface area contributed by atoms with Gasteiger partial charge in [-0.1, -0.05) is 19.3 Å². The van der Waals surface area contributed by atoms with Crippen LogP contribution in [0.15, 0.2) is 0 Å². The maximum Gasteiger partial charge on any atom is 0.224 e. The molecule has 4 heteroatoms. The van der Waals surface area contributed by atoms with E-state index in [0.717, 1.165) is 13.0 Å². The van der Waals surface area contributed by atoms with Crippen molar-refractivity contribution >= 4 is 5.91 Å². The number of hydrogen-bond acceptors (Lipinski definition) is 3. The molecule has 1 N–H and O–H groups in total. The summed E-state index contributed by atoms with van der Waals surface area (Å²) in [6, 6.07) is 1.17. The average Bonchev–Trinajstić information content (AvgIpc) is 2.56. The van der Waals surface area contributed by atoms with E-state index in [-0.39, 0.29) is 5.92 Å². The van der Waals surface area contributed by atoms with Crippen LogP contribution in [0.5, 0.6) is 0 Å². The van der Waals surface area contributed by atoms with Crippen molar-refractivity contribution in [3.8, 4) is 0 Å². The number of piperidine rings is 2. The predicted octanol–water partition coefficient (Wildman–Crippen LogP) is 2.24. The molecule has 0 aromatic carbocycles. The van der Waals surface area contributed by atoms with Gasteiger partial charge in [-0.05, 0) is 65.2 Å². The smallest absolute Gasteiger partial charge is 0.224 e. The number of nitrogens with one attached hydrogen (secondary N) is 1. The fourth-order valence-electron chi connectivity index (χ4n) is 4.48. The second-order valence-electron chi connectivity index (χ2n) is 7.71. The van der Waals surface area contributed by atoms with Crippen molar-refractivity contribution in [2.24, 2.45) is 5.92 Å². The maximum atomic E-state index is 12.6. The number of hydrogen-bond donors (Lipinski definition) is 1. The molecule has 1 saturated carbocycles. The Morgan fingerprint density at radius 1 is 0.909 bits per heavy atom. The summed E-state index contributed by atoms with van der Waals surface area (Å²) in [5.74, 6) is 0.569. The summed E-state index contributed by atoms with van der Waals surface area (Å²) in [5, 5.41) is 3.35. The van der Waals surface area contributed by atoms with Crippen molar-refractivity contribution < 1.29 is 4.79 Å². The first-order valence-corrected chi connectivity index (χ1v) is 9.45. The fraction of sp³-hybridized carbons (Fsp3) is 0.944. The van der Waals surface area contributed by atoms with E-state index in [9.17, 15) is 4.79 Å². The molecule has 0 bridgehead atoms. The van der Waals surface area contributed by atoms with Crippen molar-refractivity contribution in [1.29, 1.82) is 0 Å². The van der Waals surface area contributed by atoms with E-state index < -0.39 is 0 Å². The largest absolute Gasteiger partial charge is 0.353 e. The molecule has 3 rings (SSSR count). The molecule has 126 valence electrons. The molecule has 0 unspecified atom stereocenters. The Hall–Kier alpha value is -0.610. The van der Waals surface area contributed by atoms with E-state index in [1.54, 1.807) is 0 Å². The van der Waals surface area contributed by atoms with E-state index in [0.29, 0.717) is 18.0 Å². The van der Waals surface area contributed by atoms with E-state index in [2.05, 4.69) is 22.2 Å². The average molecular weight is 307 g/mol. The molecular formula is C18H33N3O. The predicted molar refractivity (Wildman–Crippen MR) is 89.8 cm³/mol. The molecule has 2 heterocycles. The van der Waals surface area contributed by atoms with Gasteiger partial charge in [0.05, 0.1) is 5.92 Å². The number of carbonyl (C=O) groups is 1. The Kier molecular flexibility index (Phi) is 5.75. The normalized spacial score (nSPS) is 30.3. The second-order valence-corrected chi connectivity index (χ2v) is 7.71. The minimum absolute atomic E-state index is 0.232. The quantitative estimate of drug-likeness (QED) is 0.868. The van der Waals surface area contributed by atoms with Crippen molar-refractivity contribution in [1.82, 2.24) is 15.1 Å². The second kappa shape index (κ2) is 7.78. The molecule has 0 aromatic heterocycles. The zero-order chi connectivity index (χ0) is 15.4. The summed E-state index contributed by atoms with van der Waals surface area (Å²) in [7, 11) is 2.22. The molecule has 0 aromatic rings. The van der Waals surface area contributed by atoms with Crippen molar-refractivity contribution in [2.45, 2.75) is 69.9 Å². The van der Waals surface area contributed by atoms with Crippen LogP contribution in [0.4, 0.5) is 0 Å². The Balaban J connectivity index is 1.48. The summed E-state index contributed by atoms with van der Waals surface area (Å²) >= 11 is 0. The van der Waals surface area contributed by atoms with Gasteiger partial charge in [-0.3, -0.25) is 9.69 Å². The van der Waals surface area contributed by atoms with Crippen molar-refractivity contribution in [2.75, 3.05) is 33.2 Å². The first-order valence-electron chi connectivity index (χ1n) is 9.45. The van der Waals surface area contributed by atoms with Crippen LogP contribution in [-0.4, -0.2) is 61.0 Å². The highest BCUT2D eigenvalue weighted by Gasteiger charge is 2.31. The summed E-state index contributed by atoms with van der Waals surface area (Å²) in [5.41, 5.74) is 0. The van der Waals surface area contributed by atoms with Crippen molar-refractivity contribution in [3.05, 3.63) is 0 Å². The zero-order valence-corrected chi connectivity index (χ0v) is 14.2. The van der Waals surface area contributed by atoms with Crippen LogP contribution >= 0.6 is 0 Å². The van der Waals surface area contributed by atoms with Crippen LogP contribution in [0.1, 0.15) is 57.8 Å². The molecule has 3 fully saturated rings. The highest BCUT2D eigenvalue weighted by atomic mass is 16.2. The first-order chi connectivity index (χ1) is 10.7. The Bertz CT molecular complexity index is 359. The van der Waals surface area contributed by atoms with E-state index >= 15 is 0 Å². The lowest BCUT2D eigenvalue weighted by molar-refractivity contribution is -0.128. The minimum atomic E-state index is 0.232. The zero-order valence-electron chi connectivity index (χ0n) is 14.2. The number of carbonyl (C=O) groups excluding carboxylic acids is 1. The van der Waals surface area contributed by atoms with Gasteiger partial charge >= 0.3 is 0 Å². The number of amides is 1. The lowest BCUT2D eigenvalue weighted by Crippen LogP contribution is -2.51. The molecule has 0 spiro atoms. The molecule has 22 heavy (non-hydrogen) atoms. The standard InChI is InChI=1S/C18H33N3O/c1-20-12-9-17(10-13-20)21-11-5-6-15(14-21)18(22)19-16-7-3-2-4-8-16/h15-17H,2-14H2,1H3,(H,19,22)/t15-/m1/s1. The van der Waals surface area contributed by atoms with Gasteiger partial charge in [0.25, 0.3) is 0 Å². The maximum absolute atomic E-state index is 12.6. The highest BCUT2D eigenvalue weighted by molar-refractivity contribution is 5.79. The number of rotatable bonds is 3. The van der Waals surface area contributed by atoms with Gasteiger partial charge in [0.15, 0.2) is 0 Å². The Labute approximate surface area is 135 Å². The van der Waals surface area contributed by atoms with E-state index in [1.165, 1.54) is 71.0 Å². The van der Waals surface area contributed by atoms with Gasteiger partial charge in [0, 0.05) is 18.6 Å². The highest BCUT2D eigenvalue weighted by Crippen LogP contribution is 2.24.